The number of hydrogen-bond donors (Lipinski definition) is 0. The Morgan fingerprint density at radius 3 is 2.46 bits per heavy atom. The first-order valence-electron chi connectivity index (χ1n) is 9.31. The van der Waals surface area contributed by atoms with Gasteiger partial charge in [-0.1, -0.05) is 35.9 Å². The van der Waals surface area contributed by atoms with Crippen LogP contribution >= 0.6 is 11.6 Å². The molecule has 28 heavy (non-hydrogen) atoms. The number of halogens is 1. The zero-order valence-electron chi connectivity index (χ0n) is 15.1. The van der Waals surface area contributed by atoms with E-state index < -0.39 is 6.10 Å². The minimum absolute atomic E-state index is 0.329. The van der Waals surface area contributed by atoms with E-state index in [1.807, 2.05) is 48.5 Å². The van der Waals surface area contributed by atoms with E-state index in [-0.39, 0.29) is 5.41 Å². The van der Waals surface area contributed by atoms with Crippen LogP contribution in [-0.2, 0) is 10.2 Å². The van der Waals surface area contributed by atoms with E-state index >= 15 is 0 Å². The molecule has 0 N–H and O–H groups in total. The number of aromatic nitrogens is 2. The molecule has 0 saturated carbocycles. The van der Waals surface area contributed by atoms with Crippen molar-refractivity contribution in [2.45, 2.75) is 24.4 Å². The van der Waals surface area contributed by atoms with Crippen molar-refractivity contribution < 1.29 is 18.6 Å². The van der Waals surface area contributed by atoms with E-state index in [2.05, 4.69) is 10.2 Å². The molecule has 144 valence electrons. The van der Waals surface area contributed by atoms with Crippen LogP contribution in [0, 0.1) is 0 Å². The summed E-state index contributed by atoms with van der Waals surface area (Å²) in [7, 11) is 0. The first kappa shape index (κ1) is 17.5. The van der Waals surface area contributed by atoms with Gasteiger partial charge in [0.2, 0.25) is 12.0 Å². The van der Waals surface area contributed by atoms with E-state index in [1.54, 1.807) is 0 Å². The van der Waals surface area contributed by atoms with Crippen LogP contribution < -0.4 is 9.47 Å². The van der Waals surface area contributed by atoms with Gasteiger partial charge in [-0.25, -0.2) is 0 Å². The third-order valence-electron chi connectivity index (χ3n) is 5.38. The lowest BCUT2D eigenvalue weighted by molar-refractivity contribution is 0.0481. The third kappa shape index (κ3) is 3.02. The lowest BCUT2D eigenvalue weighted by atomic mass is 9.74. The second-order valence-electron chi connectivity index (χ2n) is 7.01. The Labute approximate surface area is 167 Å². The minimum Gasteiger partial charge on any atom is -0.485 e. The van der Waals surface area contributed by atoms with Gasteiger partial charge in [-0.2, -0.15) is 0 Å². The normalized spacial score (nSPS) is 20.7. The number of nitrogens with zero attached hydrogens (tertiary/aromatic N) is 2. The van der Waals surface area contributed by atoms with Crippen LogP contribution in [-0.4, -0.2) is 30.0 Å². The molecule has 0 spiro atoms. The van der Waals surface area contributed by atoms with Crippen molar-refractivity contribution in [1.29, 1.82) is 0 Å². The SMILES string of the molecule is Clc1ccc(C2(c3nnc(C4COc5ccccc5O4)o3)CCOCC2)cc1. The summed E-state index contributed by atoms with van der Waals surface area (Å²) in [4.78, 5) is 0. The summed E-state index contributed by atoms with van der Waals surface area (Å²) in [6, 6.07) is 15.4. The summed E-state index contributed by atoms with van der Waals surface area (Å²) in [5, 5.41) is 9.39. The van der Waals surface area contributed by atoms with Crippen LogP contribution in [0.15, 0.2) is 52.9 Å². The van der Waals surface area contributed by atoms with Crippen molar-refractivity contribution in [3.63, 3.8) is 0 Å². The van der Waals surface area contributed by atoms with Crippen molar-refractivity contribution in [2.75, 3.05) is 19.8 Å². The molecule has 3 aromatic rings. The first-order chi connectivity index (χ1) is 13.7. The summed E-state index contributed by atoms with van der Waals surface area (Å²) >= 11 is 6.08. The standard InChI is InChI=1S/C21H19ClN2O4/c22-15-7-5-14(6-8-15)21(9-11-25-12-10-21)20-24-23-19(28-20)18-13-26-16-3-1-2-4-17(16)27-18/h1-8,18H,9-13H2. The highest BCUT2D eigenvalue weighted by molar-refractivity contribution is 6.30. The second kappa shape index (κ2) is 7.11. The maximum atomic E-state index is 6.15. The molecule has 1 unspecified atom stereocenters. The molecule has 5 rings (SSSR count). The highest BCUT2D eigenvalue weighted by Crippen LogP contribution is 2.42. The number of benzene rings is 2. The van der Waals surface area contributed by atoms with Crippen molar-refractivity contribution >= 4 is 11.6 Å². The summed E-state index contributed by atoms with van der Waals surface area (Å²) in [6.45, 7) is 1.60. The number of para-hydroxylation sites is 2. The molecule has 1 saturated heterocycles. The highest BCUT2D eigenvalue weighted by Gasteiger charge is 2.42. The van der Waals surface area contributed by atoms with Gasteiger partial charge in [0.15, 0.2) is 11.5 Å². The second-order valence-corrected chi connectivity index (χ2v) is 7.45. The summed E-state index contributed by atoms with van der Waals surface area (Å²) < 4.78 is 23.5. The molecule has 0 amide bonds. The molecule has 0 bridgehead atoms. The predicted molar refractivity (Wildman–Crippen MR) is 102 cm³/mol. The maximum Gasteiger partial charge on any atom is 0.260 e. The van der Waals surface area contributed by atoms with E-state index in [9.17, 15) is 0 Å². The lowest BCUT2D eigenvalue weighted by Gasteiger charge is -2.34. The zero-order chi connectivity index (χ0) is 19.0. The van der Waals surface area contributed by atoms with Crippen LogP contribution in [0.4, 0.5) is 0 Å². The summed E-state index contributed by atoms with van der Waals surface area (Å²) in [5.41, 5.74) is 0.711. The van der Waals surface area contributed by atoms with Gasteiger partial charge in [0, 0.05) is 18.2 Å². The molecule has 2 aliphatic rings. The van der Waals surface area contributed by atoms with E-state index in [4.69, 9.17) is 30.2 Å². The van der Waals surface area contributed by atoms with Gasteiger partial charge >= 0.3 is 0 Å². The average Bonchev–Trinajstić information content (AvgIpc) is 3.25. The Morgan fingerprint density at radius 2 is 1.68 bits per heavy atom. The van der Waals surface area contributed by atoms with Gasteiger partial charge in [0.25, 0.3) is 5.89 Å². The van der Waals surface area contributed by atoms with Gasteiger partial charge in [-0.05, 0) is 42.7 Å². The van der Waals surface area contributed by atoms with Crippen LogP contribution in [0.25, 0.3) is 0 Å². The van der Waals surface area contributed by atoms with Crippen molar-refractivity contribution in [2.24, 2.45) is 0 Å². The Bertz CT molecular complexity index is 967. The topological polar surface area (TPSA) is 66.6 Å². The van der Waals surface area contributed by atoms with Crippen molar-refractivity contribution in [3.8, 4) is 11.5 Å². The maximum absolute atomic E-state index is 6.15. The van der Waals surface area contributed by atoms with E-state index in [1.165, 1.54) is 0 Å². The Hall–Kier alpha value is -2.57. The van der Waals surface area contributed by atoms with Gasteiger partial charge in [0.1, 0.15) is 6.61 Å². The van der Waals surface area contributed by atoms with Crippen molar-refractivity contribution in [3.05, 3.63) is 70.9 Å². The minimum atomic E-state index is -0.432. The lowest BCUT2D eigenvalue weighted by Crippen LogP contribution is -2.35. The van der Waals surface area contributed by atoms with Gasteiger partial charge < -0.3 is 18.6 Å². The molecule has 1 aromatic heterocycles. The summed E-state index contributed by atoms with van der Waals surface area (Å²) in [6.07, 6.45) is 1.10. The van der Waals surface area contributed by atoms with Gasteiger partial charge in [-0.3, -0.25) is 0 Å². The molecule has 2 aliphatic heterocycles. The highest BCUT2D eigenvalue weighted by atomic mass is 35.5. The molecule has 6 nitrogen and oxygen atoms in total. The molecular formula is C21H19ClN2O4. The number of rotatable bonds is 3. The molecule has 3 heterocycles. The fraction of sp³-hybridized carbons (Fsp3) is 0.333. The smallest absolute Gasteiger partial charge is 0.260 e. The first-order valence-corrected chi connectivity index (χ1v) is 9.69. The molecule has 7 heteroatoms. The van der Waals surface area contributed by atoms with Crippen LogP contribution in [0.3, 0.4) is 0 Å². The van der Waals surface area contributed by atoms with E-state index in [0.717, 1.165) is 24.2 Å². The molecule has 0 radical (unpaired) electrons. The fourth-order valence-corrected chi connectivity index (χ4v) is 3.94. The zero-order valence-corrected chi connectivity index (χ0v) is 15.9. The molecule has 2 aromatic carbocycles. The van der Waals surface area contributed by atoms with Gasteiger partial charge in [0.05, 0.1) is 5.41 Å². The van der Waals surface area contributed by atoms with Crippen LogP contribution in [0.2, 0.25) is 5.02 Å². The monoisotopic (exact) mass is 398 g/mol. The third-order valence-corrected chi connectivity index (χ3v) is 5.63. The van der Waals surface area contributed by atoms with Gasteiger partial charge in [-0.15, -0.1) is 10.2 Å². The fourth-order valence-electron chi connectivity index (χ4n) is 3.81. The van der Waals surface area contributed by atoms with E-state index in [0.29, 0.717) is 42.4 Å². The Kier molecular flexibility index (Phi) is 4.45. The molecule has 0 aliphatic carbocycles. The number of fused-ring (bicyclic) bond motifs is 1. The average molecular weight is 399 g/mol. The quantitative estimate of drug-likeness (QED) is 0.654. The number of hydrogen-bond acceptors (Lipinski definition) is 6. The Morgan fingerprint density at radius 1 is 0.929 bits per heavy atom. The van der Waals surface area contributed by atoms with Crippen LogP contribution in [0.1, 0.15) is 36.3 Å². The molecule has 1 atom stereocenters. The number of ether oxygens (including phenoxy) is 3. The predicted octanol–water partition coefficient (Wildman–Crippen LogP) is 4.33. The summed E-state index contributed by atoms with van der Waals surface area (Å²) in [5.74, 6) is 2.40. The largest absolute Gasteiger partial charge is 0.485 e. The van der Waals surface area contributed by atoms with Crippen LogP contribution in [0.5, 0.6) is 11.5 Å². The Balaban J connectivity index is 1.47. The molecule has 1 fully saturated rings. The van der Waals surface area contributed by atoms with Crippen molar-refractivity contribution in [1.82, 2.24) is 10.2 Å². The molecular weight excluding hydrogens is 380 g/mol.